The van der Waals surface area contributed by atoms with E-state index >= 15 is 0 Å². The van der Waals surface area contributed by atoms with Crippen molar-refractivity contribution < 1.29 is 27.4 Å². The Bertz CT molecular complexity index is 1350. The van der Waals surface area contributed by atoms with Gasteiger partial charge in [-0.3, -0.25) is 9.10 Å². The first-order chi connectivity index (χ1) is 17.2. The number of rotatable bonds is 8. The first-order valence-corrected chi connectivity index (χ1v) is 12.9. The van der Waals surface area contributed by atoms with Crippen LogP contribution in [0.1, 0.15) is 28.4 Å². The van der Waals surface area contributed by atoms with E-state index in [0.717, 1.165) is 11.1 Å². The second kappa shape index (κ2) is 10.1. The molecule has 4 rings (SSSR count). The van der Waals surface area contributed by atoms with Gasteiger partial charge in [-0.05, 0) is 66.9 Å². The highest BCUT2D eigenvalue weighted by atomic mass is 32.2. The lowest BCUT2D eigenvalue weighted by atomic mass is 10.1. The standard InChI is InChI=1S/C27H30N2O6S/c1-18-13-21-16-20(11-12-23(21)29(18)36(31,32)22-9-7-6-8-10-22)27(30)28(2)17-19-14-24(33-3)26(35-5)25(15-19)34-4/h6-12,14-16,18H,13,17H2,1-5H3/t18-/m0/s1. The fourth-order valence-corrected chi connectivity index (χ4v) is 6.31. The number of benzene rings is 3. The zero-order chi connectivity index (χ0) is 26.0. The number of nitrogens with zero attached hydrogens (tertiary/aromatic N) is 2. The molecule has 1 aliphatic heterocycles. The van der Waals surface area contributed by atoms with Crippen LogP contribution in [0.3, 0.4) is 0 Å². The minimum atomic E-state index is -3.71. The van der Waals surface area contributed by atoms with Crippen LogP contribution in [-0.2, 0) is 23.0 Å². The molecule has 9 heteroatoms. The monoisotopic (exact) mass is 510 g/mol. The predicted octanol–water partition coefficient (Wildman–Crippen LogP) is 4.12. The molecule has 3 aromatic carbocycles. The van der Waals surface area contributed by atoms with Crippen molar-refractivity contribution in [2.45, 2.75) is 30.8 Å². The molecule has 1 atom stereocenters. The number of carbonyl (C=O) groups excluding carboxylic acids is 1. The molecule has 0 saturated carbocycles. The zero-order valence-electron chi connectivity index (χ0n) is 21.0. The molecule has 0 fully saturated rings. The van der Waals surface area contributed by atoms with Gasteiger partial charge in [-0.15, -0.1) is 0 Å². The number of hydrogen-bond donors (Lipinski definition) is 0. The van der Waals surface area contributed by atoms with Crippen LogP contribution in [0.5, 0.6) is 17.2 Å². The summed E-state index contributed by atoms with van der Waals surface area (Å²) in [7, 11) is 2.64. The summed E-state index contributed by atoms with van der Waals surface area (Å²) >= 11 is 0. The molecule has 0 saturated heterocycles. The maximum atomic E-state index is 13.3. The summed E-state index contributed by atoms with van der Waals surface area (Å²) in [5.41, 5.74) is 2.74. The summed E-state index contributed by atoms with van der Waals surface area (Å²) in [5, 5.41) is 0. The highest BCUT2D eigenvalue weighted by molar-refractivity contribution is 7.92. The molecule has 0 bridgehead atoms. The maximum Gasteiger partial charge on any atom is 0.264 e. The summed E-state index contributed by atoms with van der Waals surface area (Å²) in [6.07, 6.45) is 0.527. The number of methoxy groups -OCH3 is 3. The Morgan fingerprint density at radius 3 is 2.19 bits per heavy atom. The third-order valence-corrected chi connectivity index (χ3v) is 8.21. The number of fused-ring (bicyclic) bond motifs is 1. The highest BCUT2D eigenvalue weighted by Gasteiger charge is 2.36. The molecule has 0 unspecified atom stereocenters. The van der Waals surface area contributed by atoms with Crippen molar-refractivity contribution in [2.75, 3.05) is 32.7 Å². The lowest BCUT2D eigenvalue weighted by Crippen LogP contribution is -2.35. The average Bonchev–Trinajstić information content (AvgIpc) is 3.23. The molecule has 1 amide bonds. The molecule has 0 N–H and O–H groups in total. The Morgan fingerprint density at radius 2 is 1.61 bits per heavy atom. The van der Waals surface area contributed by atoms with E-state index in [4.69, 9.17) is 14.2 Å². The van der Waals surface area contributed by atoms with Gasteiger partial charge in [-0.2, -0.15) is 0 Å². The van der Waals surface area contributed by atoms with Gasteiger partial charge in [0, 0.05) is 25.2 Å². The number of anilines is 1. The molecule has 36 heavy (non-hydrogen) atoms. The predicted molar refractivity (Wildman–Crippen MR) is 138 cm³/mol. The van der Waals surface area contributed by atoms with Crippen molar-refractivity contribution >= 4 is 21.6 Å². The SMILES string of the molecule is COc1cc(CN(C)C(=O)c2ccc3c(c2)C[C@H](C)N3S(=O)(=O)c2ccccc2)cc(OC)c1OC. The second-order valence-electron chi connectivity index (χ2n) is 8.71. The lowest BCUT2D eigenvalue weighted by molar-refractivity contribution is 0.0784. The van der Waals surface area contributed by atoms with Crippen LogP contribution in [0.2, 0.25) is 0 Å². The van der Waals surface area contributed by atoms with E-state index < -0.39 is 10.0 Å². The van der Waals surface area contributed by atoms with Gasteiger partial charge in [0.25, 0.3) is 15.9 Å². The molecule has 0 aromatic heterocycles. The molecule has 3 aromatic rings. The quantitative estimate of drug-likeness (QED) is 0.453. The van der Waals surface area contributed by atoms with E-state index in [1.165, 1.54) is 11.4 Å². The van der Waals surface area contributed by atoms with Gasteiger partial charge in [0.2, 0.25) is 5.75 Å². The molecule has 8 nitrogen and oxygen atoms in total. The first kappa shape index (κ1) is 25.4. The number of ether oxygens (including phenoxy) is 3. The van der Waals surface area contributed by atoms with Gasteiger partial charge in [-0.1, -0.05) is 18.2 Å². The topological polar surface area (TPSA) is 85.4 Å². The summed E-state index contributed by atoms with van der Waals surface area (Å²) in [6, 6.07) is 16.9. The highest BCUT2D eigenvalue weighted by Crippen LogP contribution is 2.39. The molecule has 0 aliphatic carbocycles. The van der Waals surface area contributed by atoms with Gasteiger partial charge in [0.1, 0.15) is 0 Å². The Hall–Kier alpha value is -3.72. The van der Waals surface area contributed by atoms with Crippen LogP contribution in [0.25, 0.3) is 0 Å². The van der Waals surface area contributed by atoms with Gasteiger partial charge in [-0.25, -0.2) is 8.42 Å². The Labute approximate surface area is 212 Å². The average molecular weight is 511 g/mol. The van der Waals surface area contributed by atoms with E-state index in [1.807, 2.05) is 19.1 Å². The molecule has 1 heterocycles. The zero-order valence-corrected chi connectivity index (χ0v) is 21.8. The Kier molecular flexibility index (Phi) is 7.12. The van der Waals surface area contributed by atoms with E-state index in [-0.39, 0.29) is 16.8 Å². The minimum absolute atomic E-state index is 0.177. The Balaban J connectivity index is 1.58. The van der Waals surface area contributed by atoms with Crippen molar-refractivity contribution in [3.63, 3.8) is 0 Å². The molecule has 0 spiro atoms. The molecule has 0 radical (unpaired) electrons. The van der Waals surface area contributed by atoms with E-state index in [2.05, 4.69) is 0 Å². The summed E-state index contributed by atoms with van der Waals surface area (Å²) < 4.78 is 44.3. The van der Waals surface area contributed by atoms with Crippen LogP contribution in [0, 0.1) is 0 Å². The summed E-state index contributed by atoms with van der Waals surface area (Å²) in [6.45, 7) is 2.19. The molecular formula is C27H30N2O6S. The van der Waals surface area contributed by atoms with Crippen LogP contribution in [-0.4, -0.2) is 53.6 Å². The number of amides is 1. The normalized spacial score (nSPS) is 14.8. The smallest absolute Gasteiger partial charge is 0.264 e. The van der Waals surface area contributed by atoms with Crippen LogP contribution < -0.4 is 18.5 Å². The number of carbonyl (C=O) groups is 1. The van der Waals surface area contributed by atoms with Gasteiger partial charge in [0.15, 0.2) is 11.5 Å². The van der Waals surface area contributed by atoms with Crippen molar-refractivity contribution in [1.29, 1.82) is 0 Å². The van der Waals surface area contributed by atoms with Crippen molar-refractivity contribution in [3.8, 4) is 17.2 Å². The Morgan fingerprint density at radius 1 is 0.972 bits per heavy atom. The number of hydrogen-bond acceptors (Lipinski definition) is 6. The first-order valence-electron chi connectivity index (χ1n) is 11.5. The fraction of sp³-hybridized carbons (Fsp3) is 0.296. The van der Waals surface area contributed by atoms with Crippen molar-refractivity contribution in [2.24, 2.45) is 0 Å². The van der Waals surface area contributed by atoms with E-state index in [9.17, 15) is 13.2 Å². The summed E-state index contributed by atoms with van der Waals surface area (Å²) in [4.78, 5) is 15.1. The molecular weight excluding hydrogens is 480 g/mol. The van der Waals surface area contributed by atoms with E-state index in [0.29, 0.717) is 41.5 Å². The third kappa shape index (κ3) is 4.58. The maximum absolute atomic E-state index is 13.3. The van der Waals surface area contributed by atoms with Crippen LogP contribution >= 0.6 is 0 Å². The fourth-order valence-electron chi connectivity index (χ4n) is 4.60. The number of sulfonamides is 1. The molecule has 190 valence electrons. The molecule has 1 aliphatic rings. The van der Waals surface area contributed by atoms with Gasteiger partial charge >= 0.3 is 0 Å². The van der Waals surface area contributed by atoms with Gasteiger partial charge < -0.3 is 19.1 Å². The van der Waals surface area contributed by atoms with Crippen molar-refractivity contribution in [3.05, 3.63) is 77.4 Å². The van der Waals surface area contributed by atoms with Crippen LogP contribution in [0.15, 0.2) is 65.6 Å². The largest absolute Gasteiger partial charge is 0.493 e. The van der Waals surface area contributed by atoms with Crippen molar-refractivity contribution in [1.82, 2.24) is 4.90 Å². The minimum Gasteiger partial charge on any atom is -0.493 e. The third-order valence-electron chi connectivity index (χ3n) is 6.27. The van der Waals surface area contributed by atoms with Crippen LogP contribution in [0.4, 0.5) is 5.69 Å². The van der Waals surface area contributed by atoms with Gasteiger partial charge in [0.05, 0.1) is 31.9 Å². The lowest BCUT2D eigenvalue weighted by Gasteiger charge is -2.24. The van der Waals surface area contributed by atoms with E-state index in [1.54, 1.807) is 74.7 Å². The second-order valence-corrected chi connectivity index (χ2v) is 10.5. The summed E-state index contributed by atoms with van der Waals surface area (Å²) in [5.74, 6) is 1.34.